The largest absolute Gasteiger partial charge is 0.377 e. The van der Waals surface area contributed by atoms with Gasteiger partial charge in [0.25, 0.3) is 0 Å². The predicted molar refractivity (Wildman–Crippen MR) is 51.3 cm³/mol. The summed E-state index contributed by atoms with van der Waals surface area (Å²) < 4.78 is 5.51. The molecule has 1 rings (SSSR count). The van der Waals surface area contributed by atoms with Crippen molar-refractivity contribution in [3.05, 3.63) is 0 Å². The standard InChI is InChI=1S/C10H21NO/c1-10(2,3)8-11-7-9-5-4-6-12-9/h9,11H,4-8H2,1-3H3/t9-/m0/s1. The molecule has 0 aromatic rings. The van der Waals surface area contributed by atoms with Crippen molar-refractivity contribution in [3.63, 3.8) is 0 Å². The van der Waals surface area contributed by atoms with Gasteiger partial charge in [-0.15, -0.1) is 0 Å². The molecule has 0 spiro atoms. The average Bonchev–Trinajstić information content (AvgIpc) is 2.36. The molecule has 0 saturated carbocycles. The lowest BCUT2D eigenvalue weighted by Gasteiger charge is -2.20. The molecule has 1 aliphatic rings. The highest BCUT2D eigenvalue weighted by atomic mass is 16.5. The van der Waals surface area contributed by atoms with Gasteiger partial charge in [0.05, 0.1) is 6.10 Å². The fraction of sp³-hybridized carbons (Fsp3) is 1.00. The van der Waals surface area contributed by atoms with Crippen LogP contribution in [0.4, 0.5) is 0 Å². The van der Waals surface area contributed by atoms with E-state index in [1.54, 1.807) is 0 Å². The Morgan fingerprint density at radius 3 is 2.67 bits per heavy atom. The van der Waals surface area contributed by atoms with E-state index < -0.39 is 0 Å². The van der Waals surface area contributed by atoms with Crippen LogP contribution in [0.15, 0.2) is 0 Å². The van der Waals surface area contributed by atoms with E-state index in [9.17, 15) is 0 Å². The topological polar surface area (TPSA) is 21.3 Å². The van der Waals surface area contributed by atoms with E-state index in [0.717, 1.165) is 19.7 Å². The van der Waals surface area contributed by atoms with E-state index in [-0.39, 0.29) is 0 Å². The molecule has 0 aromatic carbocycles. The maximum atomic E-state index is 5.51. The van der Waals surface area contributed by atoms with Gasteiger partial charge in [0.1, 0.15) is 0 Å². The van der Waals surface area contributed by atoms with Crippen molar-refractivity contribution in [2.24, 2.45) is 5.41 Å². The first-order chi connectivity index (χ1) is 5.58. The smallest absolute Gasteiger partial charge is 0.0700 e. The van der Waals surface area contributed by atoms with Crippen LogP contribution >= 0.6 is 0 Å². The number of nitrogens with one attached hydrogen (secondary N) is 1. The number of hydrogen-bond donors (Lipinski definition) is 1. The van der Waals surface area contributed by atoms with Gasteiger partial charge in [-0.05, 0) is 18.3 Å². The van der Waals surface area contributed by atoms with Crippen LogP contribution in [0.2, 0.25) is 0 Å². The van der Waals surface area contributed by atoms with Gasteiger partial charge in [0.2, 0.25) is 0 Å². The Kier molecular flexibility index (Phi) is 3.53. The van der Waals surface area contributed by atoms with E-state index in [4.69, 9.17) is 4.74 Å². The normalized spacial score (nSPS) is 24.8. The van der Waals surface area contributed by atoms with Crippen molar-refractivity contribution in [1.29, 1.82) is 0 Å². The van der Waals surface area contributed by atoms with Crippen molar-refractivity contribution >= 4 is 0 Å². The molecule has 1 aliphatic heterocycles. The summed E-state index contributed by atoms with van der Waals surface area (Å²) in [6, 6.07) is 0. The zero-order chi connectivity index (χ0) is 9.03. The molecule has 2 heteroatoms. The van der Waals surface area contributed by atoms with Gasteiger partial charge in [-0.1, -0.05) is 20.8 Å². The second kappa shape index (κ2) is 4.24. The van der Waals surface area contributed by atoms with Gasteiger partial charge in [-0.3, -0.25) is 0 Å². The van der Waals surface area contributed by atoms with Crippen LogP contribution in [0, 0.1) is 5.41 Å². The average molecular weight is 171 g/mol. The van der Waals surface area contributed by atoms with Gasteiger partial charge in [0, 0.05) is 19.7 Å². The summed E-state index contributed by atoms with van der Waals surface area (Å²) in [5, 5.41) is 3.44. The van der Waals surface area contributed by atoms with Crippen LogP contribution in [-0.2, 0) is 4.74 Å². The Morgan fingerprint density at radius 2 is 2.17 bits per heavy atom. The lowest BCUT2D eigenvalue weighted by Crippen LogP contribution is -2.33. The first-order valence-electron chi connectivity index (χ1n) is 4.90. The Labute approximate surface area is 75.7 Å². The highest BCUT2D eigenvalue weighted by Crippen LogP contribution is 2.13. The molecule has 72 valence electrons. The quantitative estimate of drug-likeness (QED) is 0.699. The lowest BCUT2D eigenvalue weighted by atomic mass is 9.97. The molecule has 1 saturated heterocycles. The summed E-state index contributed by atoms with van der Waals surface area (Å²) in [6.07, 6.45) is 2.95. The van der Waals surface area contributed by atoms with Crippen LogP contribution in [0.25, 0.3) is 0 Å². The molecule has 0 radical (unpaired) electrons. The monoisotopic (exact) mass is 171 g/mol. The molecule has 1 N–H and O–H groups in total. The Hall–Kier alpha value is -0.0800. The molecule has 0 aromatic heterocycles. The fourth-order valence-corrected chi connectivity index (χ4v) is 1.41. The molecule has 0 bridgehead atoms. The van der Waals surface area contributed by atoms with E-state index in [2.05, 4.69) is 26.1 Å². The van der Waals surface area contributed by atoms with Crippen LogP contribution < -0.4 is 5.32 Å². The molecule has 0 aliphatic carbocycles. The molecule has 1 atom stereocenters. The second-order valence-electron chi connectivity index (χ2n) is 4.83. The van der Waals surface area contributed by atoms with Crippen molar-refractivity contribution in [2.75, 3.05) is 19.7 Å². The molecular weight excluding hydrogens is 150 g/mol. The van der Waals surface area contributed by atoms with Crippen LogP contribution in [-0.4, -0.2) is 25.8 Å². The molecule has 0 unspecified atom stereocenters. The Morgan fingerprint density at radius 1 is 1.42 bits per heavy atom. The Balaban J connectivity index is 2.02. The van der Waals surface area contributed by atoms with Gasteiger partial charge in [0.15, 0.2) is 0 Å². The number of hydrogen-bond acceptors (Lipinski definition) is 2. The van der Waals surface area contributed by atoms with Gasteiger partial charge < -0.3 is 10.1 Å². The highest BCUT2D eigenvalue weighted by Gasteiger charge is 2.16. The SMILES string of the molecule is CC(C)(C)CNC[C@@H]1CCCO1. The van der Waals surface area contributed by atoms with Crippen molar-refractivity contribution in [1.82, 2.24) is 5.32 Å². The van der Waals surface area contributed by atoms with Crippen molar-refractivity contribution < 1.29 is 4.74 Å². The summed E-state index contributed by atoms with van der Waals surface area (Å²) >= 11 is 0. The molecule has 0 amide bonds. The van der Waals surface area contributed by atoms with E-state index in [1.165, 1.54) is 12.8 Å². The summed E-state index contributed by atoms with van der Waals surface area (Å²) in [6.45, 7) is 9.80. The minimum Gasteiger partial charge on any atom is -0.377 e. The van der Waals surface area contributed by atoms with E-state index in [1.807, 2.05) is 0 Å². The molecule has 2 nitrogen and oxygen atoms in total. The third-order valence-corrected chi connectivity index (χ3v) is 2.05. The first-order valence-corrected chi connectivity index (χ1v) is 4.90. The molecular formula is C10H21NO. The lowest BCUT2D eigenvalue weighted by molar-refractivity contribution is 0.108. The zero-order valence-corrected chi connectivity index (χ0v) is 8.52. The minimum atomic E-state index is 0.388. The molecule has 1 heterocycles. The third kappa shape index (κ3) is 4.07. The van der Waals surface area contributed by atoms with Crippen LogP contribution in [0.5, 0.6) is 0 Å². The first kappa shape index (κ1) is 10.0. The molecule has 12 heavy (non-hydrogen) atoms. The zero-order valence-electron chi connectivity index (χ0n) is 8.52. The summed E-state index contributed by atoms with van der Waals surface area (Å²) in [5.74, 6) is 0. The second-order valence-corrected chi connectivity index (χ2v) is 4.83. The van der Waals surface area contributed by atoms with Crippen LogP contribution in [0.3, 0.4) is 0 Å². The van der Waals surface area contributed by atoms with E-state index in [0.29, 0.717) is 11.5 Å². The predicted octanol–water partition coefficient (Wildman–Crippen LogP) is 1.80. The van der Waals surface area contributed by atoms with E-state index >= 15 is 0 Å². The fourth-order valence-electron chi connectivity index (χ4n) is 1.41. The van der Waals surface area contributed by atoms with Gasteiger partial charge in [-0.25, -0.2) is 0 Å². The maximum Gasteiger partial charge on any atom is 0.0700 e. The van der Waals surface area contributed by atoms with Crippen LogP contribution in [0.1, 0.15) is 33.6 Å². The van der Waals surface area contributed by atoms with Crippen molar-refractivity contribution in [3.8, 4) is 0 Å². The summed E-state index contributed by atoms with van der Waals surface area (Å²) in [4.78, 5) is 0. The van der Waals surface area contributed by atoms with Crippen molar-refractivity contribution in [2.45, 2.75) is 39.7 Å². The van der Waals surface area contributed by atoms with Gasteiger partial charge in [-0.2, -0.15) is 0 Å². The third-order valence-electron chi connectivity index (χ3n) is 2.05. The maximum absolute atomic E-state index is 5.51. The summed E-state index contributed by atoms with van der Waals surface area (Å²) in [7, 11) is 0. The van der Waals surface area contributed by atoms with Gasteiger partial charge >= 0.3 is 0 Å². The summed E-state index contributed by atoms with van der Waals surface area (Å²) in [5.41, 5.74) is 0.388. The minimum absolute atomic E-state index is 0.388. The molecule has 1 fully saturated rings. The Bertz CT molecular complexity index is 122. The number of ether oxygens (including phenoxy) is 1. The highest BCUT2D eigenvalue weighted by molar-refractivity contribution is 4.70. The number of rotatable bonds is 3.